The van der Waals surface area contributed by atoms with Crippen LogP contribution in [0.3, 0.4) is 0 Å². The van der Waals surface area contributed by atoms with E-state index in [0.29, 0.717) is 5.76 Å². The molecule has 0 unspecified atom stereocenters. The van der Waals surface area contributed by atoms with Crippen LogP contribution in [0.4, 0.5) is 0 Å². The quantitative estimate of drug-likeness (QED) is 0.897. The summed E-state index contributed by atoms with van der Waals surface area (Å²) in [6, 6.07) is 8.23. The van der Waals surface area contributed by atoms with Gasteiger partial charge in [0.1, 0.15) is 5.76 Å². The third-order valence-electron chi connectivity index (χ3n) is 2.87. The van der Waals surface area contributed by atoms with Crippen molar-refractivity contribution in [1.29, 1.82) is 0 Å². The Kier molecular flexibility index (Phi) is 3.89. The normalized spacial score (nSPS) is 10.3. The highest BCUT2D eigenvalue weighted by Gasteiger charge is 2.14. The molecule has 2 rings (SSSR count). The Hall–Kier alpha value is -2.56. The summed E-state index contributed by atoms with van der Waals surface area (Å²) < 4.78 is 5.32. The highest BCUT2D eigenvalue weighted by atomic mass is 16.4. The number of hydrogen-bond donors (Lipinski definition) is 2. The second-order valence-electron chi connectivity index (χ2n) is 4.56. The van der Waals surface area contributed by atoms with Crippen molar-refractivity contribution >= 4 is 11.9 Å². The molecular weight excluding hydrogens is 258 g/mol. The zero-order valence-electron chi connectivity index (χ0n) is 11.3. The van der Waals surface area contributed by atoms with Gasteiger partial charge in [0, 0.05) is 12.1 Å². The molecule has 0 saturated heterocycles. The van der Waals surface area contributed by atoms with Crippen LogP contribution in [-0.2, 0) is 6.54 Å². The van der Waals surface area contributed by atoms with Gasteiger partial charge in [0.05, 0.1) is 5.56 Å². The van der Waals surface area contributed by atoms with Crippen molar-refractivity contribution < 1.29 is 19.1 Å². The number of amides is 1. The lowest BCUT2D eigenvalue weighted by Gasteiger charge is -2.05. The van der Waals surface area contributed by atoms with Gasteiger partial charge in [-0.05, 0) is 37.6 Å². The average molecular weight is 273 g/mol. The predicted octanol–water partition coefficient (Wildman–Crippen LogP) is 2.52. The molecule has 0 fully saturated rings. The highest BCUT2D eigenvalue weighted by molar-refractivity contribution is 5.93. The molecule has 0 spiro atoms. The Balaban J connectivity index is 2.05. The van der Waals surface area contributed by atoms with E-state index >= 15 is 0 Å². The van der Waals surface area contributed by atoms with Gasteiger partial charge in [-0.1, -0.05) is 12.1 Å². The van der Waals surface area contributed by atoms with Crippen molar-refractivity contribution in [3.8, 4) is 0 Å². The zero-order valence-corrected chi connectivity index (χ0v) is 11.3. The maximum Gasteiger partial charge on any atom is 0.335 e. The molecule has 0 atom stereocenters. The number of carboxylic acid groups (broad SMARTS) is 1. The molecule has 1 heterocycles. The van der Waals surface area contributed by atoms with Crippen LogP contribution in [0.25, 0.3) is 0 Å². The van der Waals surface area contributed by atoms with Crippen LogP contribution in [-0.4, -0.2) is 17.0 Å². The number of rotatable bonds is 4. The molecule has 0 aliphatic rings. The first-order chi connectivity index (χ1) is 9.47. The summed E-state index contributed by atoms with van der Waals surface area (Å²) in [7, 11) is 0. The summed E-state index contributed by atoms with van der Waals surface area (Å²) in [6.45, 7) is 3.83. The summed E-state index contributed by atoms with van der Waals surface area (Å²) in [4.78, 5) is 22.8. The Morgan fingerprint density at radius 3 is 2.60 bits per heavy atom. The highest BCUT2D eigenvalue weighted by Crippen LogP contribution is 2.13. The number of aromatic carboxylic acids is 1. The first-order valence-electron chi connectivity index (χ1n) is 6.15. The predicted molar refractivity (Wildman–Crippen MR) is 72.8 cm³/mol. The van der Waals surface area contributed by atoms with Crippen LogP contribution < -0.4 is 5.32 Å². The lowest BCUT2D eigenvalue weighted by Crippen LogP contribution is -2.23. The number of furan rings is 1. The summed E-state index contributed by atoms with van der Waals surface area (Å²) >= 11 is 0. The molecule has 1 aromatic carbocycles. The van der Waals surface area contributed by atoms with E-state index in [9.17, 15) is 9.59 Å². The summed E-state index contributed by atoms with van der Waals surface area (Å²) in [6.07, 6.45) is 0. The second kappa shape index (κ2) is 5.61. The monoisotopic (exact) mass is 273 g/mol. The summed E-state index contributed by atoms with van der Waals surface area (Å²) in [5.74, 6) is -0.329. The molecule has 0 aliphatic carbocycles. The number of hydrogen-bond acceptors (Lipinski definition) is 3. The molecule has 104 valence electrons. The topological polar surface area (TPSA) is 79.5 Å². The number of carbonyl (C=O) groups excluding carboxylic acids is 1. The fourth-order valence-corrected chi connectivity index (χ4v) is 1.94. The molecule has 0 aliphatic heterocycles. The van der Waals surface area contributed by atoms with Crippen LogP contribution in [0, 0.1) is 13.8 Å². The Morgan fingerprint density at radius 1 is 1.25 bits per heavy atom. The SMILES string of the molecule is Cc1cc(C)c(C(=O)NCc2cccc(C(=O)O)c2)o1. The molecule has 2 aromatic rings. The smallest absolute Gasteiger partial charge is 0.335 e. The number of carboxylic acids is 1. The van der Waals surface area contributed by atoms with Gasteiger partial charge in [0.25, 0.3) is 5.91 Å². The van der Waals surface area contributed by atoms with Crippen LogP contribution in [0.5, 0.6) is 0 Å². The van der Waals surface area contributed by atoms with E-state index in [2.05, 4.69) is 5.32 Å². The van der Waals surface area contributed by atoms with Crippen LogP contribution in [0.1, 0.15) is 37.8 Å². The van der Waals surface area contributed by atoms with E-state index in [-0.39, 0.29) is 23.8 Å². The number of aryl methyl sites for hydroxylation is 2. The van der Waals surface area contributed by atoms with E-state index in [0.717, 1.165) is 11.1 Å². The first kappa shape index (κ1) is 13.9. The summed E-state index contributed by atoms with van der Waals surface area (Å²) in [5.41, 5.74) is 1.69. The lowest BCUT2D eigenvalue weighted by molar-refractivity contribution is 0.0696. The van der Waals surface area contributed by atoms with Crippen molar-refractivity contribution in [3.05, 3.63) is 58.5 Å². The van der Waals surface area contributed by atoms with Gasteiger partial charge in [-0.15, -0.1) is 0 Å². The lowest BCUT2D eigenvalue weighted by atomic mass is 10.1. The van der Waals surface area contributed by atoms with Crippen molar-refractivity contribution in [1.82, 2.24) is 5.32 Å². The third-order valence-corrected chi connectivity index (χ3v) is 2.87. The average Bonchev–Trinajstić information content (AvgIpc) is 2.75. The largest absolute Gasteiger partial charge is 0.478 e. The number of benzene rings is 1. The maximum atomic E-state index is 11.9. The minimum atomic E-state index is -0.990. The van der Waals surface area contributed by atoms with E-state index in [1.54, 1.807) is 32.0 Å². The molecule has 0 bridgehead atoms. The fourth-order valence-electron chi connectivity index (χ4n) is 1.94. The van der Waals surface area contributed by atoms with Crippen molar-refractivity contribution in [2.45, 2.75) is 20.4 Å². The minimum Gasteiger partial charge on any atom is -0.478 e. The molecule has 5 nitrogen and oxygen atoms in total. The molecule has 1 amide bonds. The fraction of sp³-hybridized carbons (Fsp3) is 0.200. The van der Waals surface area contributed by atoms with Crippen LogP contribution in [0.15, 0.2) is 34.7 Å². The van der Waals surface area contributed by atoms with Crippen LogP contribution in [0.2, 0.25) is 0 Å². The molecule has 1 aromatic heterocycles. The van der Waals surface area contributed by atoms with Gasteiger partial charge in [0.15, 0.2) is 5.76 Å². The van der Waals surface area contributed by atoms with Gasteiger partial charge >= 0.3 is 5.97 Å². The molecular formula is C15H15NO4. The Labute approximate surface area is 116 Å². The van der Waals surface area contributed by atoms with Gasteiger partial charge in [-0.3, -0.25) is 4.79 Å². The molecule has 2 N–H and O–H groups in total. The van der Waals surface area contributed by atoms with Crippen molar-refractivity contribution in [2.75, 3.05) is 0 Å². The van der Waals surface area contributed by atoms with Crippen LogP contribution >= 0.6 is 0 Å². The molecule has 20 heavy (non-hydrogen) atoms. The van der Waals surface area contributed by atoms with E-state index in [4.69, 9.17) is 9.52 Å². The minimum absolute atomic E-state index is 0.196. The van der Waals surface area contributed by atoms with E-state index in [1.807, 2.05) is 0 Å². The first-order valence-corrected chi connectivity index (χ1v) is 6.15. The molecule has 5 heteroatoms. The molecule has 0 radical (unpaired) electrons. The van der Waals surface area contributed by atoms with Gasteiger partial charge < -0.3 is 14.8 Å². The van der Waals surface area contributed by atoms with Gasteiger partial charge in [0.2, 0.25) is 0 Å². The Morgan fingerprint density at radius 2 is 2.00 bits per heavy atom. The Bertz CT molecular complexity index is 658. The van der Waals surface area contributed by atoms with Crippen molar-refractivity contribution in [3.63, 3.8) is 0 Å². The third kappa shape index (κ3) is 3.06. The zero-order chi connectivity index (χ0) is 14.7. The molecule has 0 saturated carbocycles. The van der Waals surface area contributed by atoms with E-state index in [1.165, 1.54) is 12.1 Å². The number of nitrogens with one attached hydrogen (secondary N) is 1. The summed E-state index contributed by atoms with van der Waals surface area (Å²) in [5, 5.41) is 11.6. The standard InChI is InChI=1S/C15H15NO4/c1-9-6-10(2)20-13(9)14(17)16-8-11-4-3-5-12(7-11)15(18)19/h3-7H,8H2,1-2H3,(H,16,17)(H,18,19). The van der Waals surface area contributed by atoms with Gasteiger partial charge in [-0.2, -0.15) is 0 Å². The second-order valence-corrected chi connectivity index (χ2v) is 4.56. The van der Waals surface area contributed by atoms with Gasteiger partial charge in [-0.25, -0.2) is 4.79 Å². The van der Waals surface area contributed by atoms with E-state index < -0.39 is 5.97 Å². The number of carbonyl (C=O) groups is 2. The van der Waals surface area contributed by atoms with Crippen molar-refractivity contribution in [2.24, 2.45) is 0 Å². The maximum absolute atomic E-state index is 11.9.